The number of aromatic nitrogens is 2. The molecule has 0 bridgehead atoms. The molecule has 0 unspecified atom stereocenters. The molecule has 4 rings (SSSR count). The van der Waals surface area contributed by atoms with E-state index in [9.17, 15) is 4.79 Å². The van der Waals surface area contributed by atoms with Gasteiger partial charge in [-0.3, -0.25) is 4.90 Å². The van der Waals surface area contributed by atoms with Gasteiger partial charge in [0.25, 0.3) is 0 Å². The normalized spacial score (nSPS) is 13.8. The summed E-state index contributed by atoms with van der Waals surface area (Å²) in [4.78, 5) is 23.4. The summed E-state index contributed by atoms with van der Waals surface area (Å²) in [5.74, 6) is 1.38. The molecule has 3 aromatic rings. The summed E-state index contributed by atoms with van der Waals surface area (Å²) in [7, 11) is 1.64. The Hall–Kier alpha value is -3.69. The van der Waals surface area contributed by atoms with Crippen molar-refractivity contribution in [3.63, 3.8) is 0 Å². The van der Waals surface area contributed by atoms with Crippen LogP contribution in [-0.2, 0) is 4.74 Å². The van der Waals surface area contributed by atoms with Crippen molar-refractivity contribution in [2.24, 2.45) is 0 Å². The number of anilines is 3. The Balaban J connectivity index is 1.39. The molecule has 178 valence electrons. The molecule has 34 heavy (non-hydrogen) atoms. The average Bonchev–Trinajstić information content (AvgIpc) is 2.87. The number of rotatable bonds is 8. The summed E-state index contributed by atoms with van der Waals surface area (Å²) in [6, 6.07) is 15.1. The lowest BCUT2D eigenvalue weighted by Gasteiger charge is -2.26. The lowest BCUT2D eigenvalue weighted by atomic mass is 10.1. The second-order valence-electron chi connectivity index (χ2n) is 7.98. The summed E-state index contributed by atoms with van der Waals surface area (Å²) in [5.41, 5.74) is 4.13. The first-order valence-electron chi connectivity index (χ1n) is 11.3. The number of methoxy groups -OCH3 is 1. The van der Waals surface area contributed by atoms with Crippen LogP contribution in [0.3, 0.4) is 0 Å². The molecule has 0 saturated carbocycles. The Labute approximate surface area is 199 Å². The van der Waals surface area contributed by atoms with Crippen LogP contribution in [0.15, 0.2) is 54.9 Å². The molecule has 0 atom stereocenters. The molecule has 1 aliphatic heterocycles. The Kier molecular flexibility index (Phi) is 7.90. The number of nitrogens with zero attached hydrogens (tertiary/aromatic N) is 3. The van der Waals surface area contributed by atoms with E-state index in [0.29, 0.717) is 12.4 Å². The van der Waals surface area contributed by atoms with Gasteiger partial charge in [-0.1, -0.05) is 18.2 Å². The van der Waals surface area contributed by atoms with Crippen LogP contribution in [0, 0.1) is 6.92 Å². The molecule has 1 aromatic heterocycles. The van der Waals surface area contributed by atoms with E-state index < -0.39 is 0 Å². The number of ether oxygens (including phenoxy) is 2. The third kappa shape index (κ3) is 6.21. The first-order chi connectivity index (χ1) is 16.6. The van der Waals surface area contributed by atoms with Crippen LogP contribution in [0.2, 0.25) is 0 Å². The number of para-hydroxylation sites is 1. The SMILES string of the molecule is COc1ccccc1-c1cc(Nc2ccc(C)c(NC(=O)NCCN3CCOCC3)c2)ncn1. The number of hydrogen-bond acceptors (Lipinski definition) is 7. The number of carbonyl (C=O) groups excluding carboxylic acids is 1. The summed E-state index contributed by atoms with van der Waals surface area (Å²) < 4.78 is 10.8. The molecule has 2 aromatic carbocycles. The van der Waals surface area contributed by atoms with E-state index in [1.165, 1.54) is 6.33 Å². The van der Waals surface area contributed by atoms with Crippen LogP contribution < -0.4 is 20.7 Å². The number of benzene rings is 2. The Morgan fingerprint density at radius 1 is 1.12 bits per heavy atom. The largest absolute Gasteiger partial charge is 0.496 e. The zero-order chi connectivity index (χ0) is 23.8. The van der Waals surface area contributed by atoms with Gasteiger partial charge in [0.1, 0.15) is 17.9 Å². The van der Waals surface area contributed by atoms with Crippen LogP contribution in [0.4, 0.5) is 22.0 Å². The Bertz CT molecular complexity index is 1120. The topological polar surface area (TPSA) is 101 Å². The highest BCUT2D eigenvalue weighted by molar-refractivity contribution is 5.91. The zero-order valence-corrected chi connectivity index (χ0v) is 19.5. The minimum Gasteiger partial charge on any atom is -0.496 e. The maximum Gasteiger partial charge on any atom is 0.319 e. The lowest BCUT2D eigenvalue weighted by molar-refractivity contribution is 0.0388. The maximum atomic E-state index is 12.4. The van der Waals surface area contributed by atoms with Gasteiger partial charge in [0.15, 0.2) is 0 Å². The van der Waals surface area contributed by atoms with E-state index in [2.05, 4.69) is 30.8 Å². The van der Waals surface area contributed by atoms with Gasteiger partial charge in [0, 0.05) is 49.2 Å². The quantitative estimate of drug-likeness (QED) is 0.470. The average molecular weight is 463 g/mol. The molecular formula is C25H30N6O3. The number of aryl methyl sites for hydroxylation is 1. The number of amides is 2. The summed E-state index contributed by atoms with van der Waals surface area (Å²) in [6.45, 7) is 6.64. The van der Waals surface area contributed by atoms with Crippen LogP contribution in [0.1, 0.15) is 5.56 Å². The molecular weight excluding hydrogens is 432 g/mol. The third-order valence-corrected chi connectivity index (χ3v) is 5.63. The maximum absolute atomic E-state index is 12.4. The van der Waals surface area contributed by atoms with Crippen LogP contribution in [0.25, 0.3) is 11.3 Å². The number of nitrogens with one attached hydrogen (secondary N) is 3. The molecule has 1 fully saturated rings. The van der Waals surface area contributed by atoms with Crippen molar-refractivity contribution < 1.29 is 14.3 Å². The third-order valence-electron chi connectivity index (χ3n) is 5.63. The second kappa shape index (κ2) is 11.4. The number of hydrogen-bond donors (Lipinski definition) is 3. The van der Waals surface area contributed by atoms with E-state index in [0.717, 1.165) is 66.8 Å². The summed E-state index contributed by atoms with van der Waals surface area (Å²) >= 11 is 0. The number of urea groups is 1. The molecule has 9 nitrogen and oxygen atoms in total. The smallest absolute Gasteiger partial charge is 0.319 e. The van der Waals surface area contributed by atoms with Crippen molar-refractivity contribution in [2.45, 2.75) is 6.92 Å². The van der Waals surface area contributed by atoms with Crippen molar-refractivity contribution >= 4 is 23.2 Å². The van der Waals surface area contributed by atoms with Gasteiger partial charge in [0.05, 0.1) is 26.0 Å². The van der Waals surface area contributed by atoms with Crippen LogP contribution in [0.5, 0.6) is 5.75 Å². The summed E-state index contributed by atoms with van der Waals surface area (Å²) in [6.07, 6.45) is 1.51. The van der Waals surface area contributed by atoms with Crippen LogP contribution >= 0.6 is 0 Å². The van der Waals surface area contributed by atoms with E-state index >= 15 is 0 Å². The fourth-order valence-electron chi connectivity index (χ4n) is 3.73. The first kappa shape index (κ1) is 23.5. The minimum absolute atomic E-state index is 0.228. The van der Waals surface area contributed by atoms with Crippen molar-refractivity contribution in [2.75, 3.05) is 57.1 Å². The van der Waals surface area contributed by atoms with Crippen LogP contribution in [-0.4, -0.2) is 67.4 Å². The molecule has 0 aliphatic carbocycles. The van der Waals surface area contributed by atoms with E-state index in [1.54, 1.807) is 7.11 Å². The highest BCUT2D eigenvalue weighted by Gasteiger charge is 2.12. The standard InChI is InChI=1S/C25H30N6O3/c1-18-7-8-19(15-21(18)30-25(32)26-9-10-31-11-13-34-14-12-31)29-24-16-22(27-17-28-24)20-5-3-4-6-23(20)33-2/h3-8,15-17H,9-14H2,1-2H3,(H2,26,30,32)(H,27,28,29). The first-order valence-corrected chi connectivity index (χ1v) is 11.3. The summed E-state index contributed by atoms with van der Waals surface area (Å²) in [5, 5.41) is 9.17. The monoisotopic (exact) mass is 462 g/mol. The fraction of sp³-hybridized carbons (Fsp3) is 0.320. The molecule has 1 aliphatic rings. The highest BCUT2D eigenvalue weighted by atomic mass is 16.5. The minimum atomic E-state index is -0.228. The van der Waals surface area contributed by atoms with Gasteiger partial charge in [-0.2, -0.15) is 0 Å². The van der Waals surface area contributed by atoms with Gasteiger partial charge in [-0.15, -0.1) is 0 Å². The Morgan fingerprint density at radius 3 is 2.76 bits per heavy atom. The molecule has 2 heterocycles. The van der Waals surface area contributed by atoms with Gasteiger partial charge < -0.3 is 25.4 Å². The Morgan fingerprint density at radius 2 is 1.94 bits per heavy atom. The van der Waals surface area contributed by atoms with E-state index in [4.69, 9.17) is 9.47 Å². The molecule has 9 heteroatoms. The van der Waals surface area contributed by atoms with Gasteiger partial charge >= 0.3 is 6.03 Å². The van der Waals surface area contributed by atoms with Crippen molar-refractivity contribution in [3.05, 3.63) is 60.4 Å². The van der Waals surface area contributed by atoms with Gasteiger partial charge in [-0.05, 0) is 36.8 Å². The molecule has 0 spiro atoms. The zero-order valence-electron chi connectivity index (χ0n) is 19.5. The van der Waals surface area contributed by atoms with Gasteiger partial charge in [-0.25, -0.2) is 14.8 Å². The second-order valence-corrected chi connectivity index (χ2v) is 7.98. The van der Waals surface area contributed by atoms with E-state index in [-0.39, 0.29) is 6.03 Å². The highest BCUT2D eigenvalue weighted by Crippen LogP contribution is 2.30. The predicted octanol–water partition coefficient (Wildman–Crippen LogP) is 3.66. The van der Waals surface area contributed by atoms with E-state index in [1.807, 2.05) is 55.5 Å². The molecule has 3 N–H and O–H groups in total. The number of morpholine rings is 1. The molecule has 1 saturated heterocycles. The molecule has 2 amide bonds. The van der Waals surface area contributed by atoms with Crippen molar-refractivity contribution in [1.82, 2.24) is 20.2 Å². The fourth-order valence-corrected chi connectivity index (χ4v) is 3.73. The number of carbonyl (C=O) groups is 1. The van der Waals surface area contributed by atoms with Crippen molar-refractivity contribution in [3.8, 4) is 17.0 Å². The lowest BCUT2D eigenvalue weighted by Crippen LogP contribution is -2.42. The molecule has 0 radical (unpaired) electrons. The predicted molar refractivity (Wildman–Crippen MR) is 133 cm³/mol. The van der Waals surface area contributed by atoms with Gasteiger partial charge in [0.2, 0.25) is 0 Å². The van der Waals surface area contributed by atoms with Crippen molar-refractivity contribution in [1.29, 1.82) is 0 Å².